The van der Waals surface area contributed by atoms with Crippen molar-refractivity contribution in [2.45, 2.75) is 12.3 Å². The summed E-state index contributed by atoms with van der Waals surface area (Å²) in [5, 5.41) is 21.3. The maximum absolute atomic E-state index is 13.6. The number of phenolic OH excluding ortho intramolecular Hbond substituents is 1. The number of benzene rings is 2. The molecule has 1 atom stereocenters. The zero-order valence-corrected chi connectivity index (χ0v) is 12.4. The highest BCUT2D eigenvalue weighted by Crippen LogP contribution is 2.34. The molecule has 2 aromatic carbocycles. The first kappa shape index (κ1) is 18.7. The van der Waals surface area contributed by atoms with Gasteiger partial charge in [-0.05, 0) is 11.6 Å². The Bertz CT molecular complexity index is 769. The number of aromatic hydroxyl groups is 1. The van der Waals surface area contributed by atoms with Crippen LogP contribution in [0.3, 0.4) is 0 Å². The molecule has 2 rings (SSSR count). The number of rotatable bonds is 4. The predicted octanol–water partition coefficient (Wildman–Crippen LogP) is 3.15. The van der Waals surface area contributed by atoms with E-state index in [0.29, 0.717) is 12.1 Å². The molecule has 0 heterocycles. The van der Waals surface area contributed by atoms with Gasteiger partial charge in [0.05, 0.1) is 11.7 Å². The summed E-state index contributed by atoms with van der Waals surface area (Å²) in [5.74, 6) is -4.63. The number of carbonyl (C=O) groups excluding carboxylic acids is 1. The average Bonchev–Trinajstić information content (AvgIpc) is 2.50. The van der Waals surface area contributed by atoms with Crippen LogP contribution in [-0.4, -0.2) is 22.7 Å². The summed E-state index contributed by atoms with van der Waals surface area (Å²) in [4.78, 5) is 11.8. The molecule has 3 N–H and O–H groups in total. The molecule has 0 bridgehead atoms. The van der Waals surface area contributed by atoms with E-state index < -0.39 is 58.8 Å². The Morgan fingerprint density at radius 3 is 2.40 bits per heavy atom. The van der Waals surface area contributed by atoms with Gasteiger partial charge in [0.2, 0.25) is 0 Å². The van der Waals surface area contributed by atoms with Gasteiger partial charge in [0.25, 0.3) is 5.91 Å². The maximum atomic E-state index is 13.6. The van der Waals surface area contributed by atoms with E-state index in [-0.39, 0.29) is 0 Å². The van der Waals surface area contributed by atoms with Crippen LogP contribution in [0.25, 0.3) is 0 Å². The van der Waals surface area contributed by atoms with E-state index in [9.17, 15) is 37.0 Å². The third-order valence-electron chi connectivity index (χ3n) is 3.34. The molecular formula is C16H12F5NO3. The first-order valence-electron chi connectivity index (χ1n) is 6.91. The van der Waals surface area contributed by atoms with Crippen LogP contribution < -0.4 is 5.32 Å². The molecule has 2 aromatic rings. The van der Waals surface area contributed by atoms with Crippen molar-refractivity contribution < 1.29 is 37.0 Å². The first-order valence-corrected chi connectivity index (χ1v) is 6.91. The van der Waals surface area contributed by atoms with E-state index in [0.717, 1.165) is 18.2 Å². The van der Waals surface area contributed by atoms with Gasteiger partial charge in [0.1, 0.15) is 22.9 Å². The Morgan fingerprint density at radius 2 is 1.80 bits per heavy atom. The van der Waals surface area contributed by atoms with Crippen LogP contribution in [-0.2, 0) is 6.18 Å². The molecule has 0 aromatic heterocycles. The minimum Gasteiger partial charge on any atom is -0.507 e. The van der Waals surface area contributed by atoms with Crippen molar-refractivity contribution in [3.05, 3.63) is 64.7 Å². The van der Waals surface area contributed by atoms with Crippen molar-refractivity contribution in [3.63, 3.8) is 0 Å². The Morgan fingerprint density at radius 1 is 1.16 bits per heavy atom. The summed E-state index contributed by atoms with van der Waals surface area (Å²) in [6.45, 7) is -0.678. The number of nitrogens with one attached hydrogen (secondary N) is 1. The van der Waals surface area contributed by atoms with E-state index >= 15 is 0 Å². The van der Waals surface area contributed by atoms with Crippen LogP contribution >= 0.6 is 0 Å². The first-order chi connectivity index (χ1) is 11.6. The maximum Gasteiger partial charge on any atom is 0.416 e. The quantitative estimate of drug-likeness (QED) is 0.733. The van der Waals surface area contributed by atoms with Gasteiger partial charge in [-0.1, -0.05) is 18.2 Å². The number of amides is 1. The predicted molar refractivity (Wildman–Crippen MR) is 76.8 cm³/mol. The zero-order valence-electron chi connectivity index (χ0n) is 12.4. The summed E-state index contributed by atoms with van der Waals surface area (Å²) in [6.07, 6.45) is -6.43. The summed E-state index contributed by atoms with van der Waals surface area (Å²) < 4.78 is 65.1. The molecule has 0 fully saturated rings. The second-order valence-electron chi connectivity index (χ2n) is 5.09. The SMILES string of the molecule is O=C(NCC(O)c1ccccc1C(F)(F)F)c1c(O)cc(F)cc1F. The second-order valence-corrected chi connectivity index (χ2v) is 5.09. The van der Waals surface area contributed by atoms with Crippen molar-refractivity contribution in [1.82, 2.24) is 5.32 Å². The third kappa shape index (κ3) is 4.24. The minimum absolute atomic E-state index is 0.365. The largest absolute Gasteiger partial charge is 0.507 e. The van der Waals surface area contributed by atoms with Crippen molar-refractivity contribution in [2.75, 3.05) is 6.54 Å². The molecule has 4 nitrogen and oxygen atoms in total. The van der Waals surface area contributed by atoms with Gasteiger partial charge in [-0.15, -0.1) is 0 Å². The van der Waals surface area contributed by atoms with Crippen molar-refractivity contribution in [1.29, 1.82) is 0 Å². The van der Waals surface area contributed by atoms with Crippen LogP contribution in [0.1, 0.15) is 27.6 Å². The minimum atomic E-state index is -4.71. The fraction of sp³-hybridized carbons (Fsp3) is 0.188. The van der Waals surface area contributed by atoms with Gasteiger partial charge < -0.3 is 15.5 Å². The van der Waals surface area contributed by atoms with Gasteiger partial charge in [0.15, 0.2) is 0 Å². The highest BCUT2D eigenvalue weighted by atomic mass is 19.4. The van der Waals surface area contributed by atoms with E-state index in [1.807, 2.05) is 5.32 Å². The summed E-state index contributed by atoms with van der Waals surface area (Å²) in [6, 6.07) is 5.10. The van der Waals surface area contributed by atoms with Gasteiger partial charge >= 0.3 is 6.18 Å². The van der Waals surface area contributed by atoms with E-state index in [2.05, 4.69) is 0 Å². The molecule has 0 saturated heterocycles. The Kier molecular flexibility index (Phi) is 5.27. The fourth-order valence-corrected chi connectivity index (χ4v) is 2.22. The molecule has 0 aliphatic heterocycles. The highest BCUT2D eigenvalue weighted by Gasteiger charge is 2.34. The van der Waals surface area contributed by atoms with Gasteiger partial charge in [-0.3, -0.25) is 4.79 Å². The smallest absolute Gasteiger partial charge is 0.416 e. The van der Waals surface area contributed by atoms with E-state index in [1.54, 1.807) is 0 Å². The Hall–Kier alpha value is -2.68. The monoisotopic (exact) mass is 361 g/mol. The van der Waals surface area contributed by atoms with Gasteiger partial charge in [-0.2, -0.15) is 13.2 Å². The molecule has 25 heavy (non-hydrogen) atoms. The van der Waals surface area contributed by atoms with Crippen molar-refractivity contribution >= 4 is 5.91 Å². The Balaban J connectivity index is 2.16. The highest BCUT2D eigenvalue weighted by molar-refractivity contribution is 5.97. The summed E-state index contributed by atoms with van der Waals surface area (Å²) in [5.41, 5.74) is -2.43. The Labute approximate surface area is 138 Å². The molecule has 1 unspecified atom stereocenters. The van der Waals surface area contributed by atoms with Gasteiger partial charge in [-0.25, -0.2) is 8.78 Å². The molecular weight excluding hydrogens is 349 g/mol. The summed E-state index contributed by atoms with van der Waals surface area (Å²) in [7, 11) is 0. The van der Waals surface area contributed by atoms with Crippen molar-refractivity contribution in [3.8, 4) is 5.75 Å². The number of aliphatic hydroxyl groups is 1. The zero-order chi connectivity index (χ0) is 18.8. The lowest BCUT2D eigenvalue weighted by Gasteiger charge is -2.18. The number of hydrogen-bond donors (Lipinski definition) is 3. The molecule has 0 saturated carbocycles. The van der Waals surface area contributed by atoms with Crippen LogP contribution in [0.5, 0.6) is 5.75 Å². The summed E-state index contributed by atoms with van der Waals surface area (Å²) >= 11 is 0. The number of halogens is 5. The van der Waals surface area contributed by atoms with Gasteiger partial charge in [0, 0.05) is 18.7 Å². The molecule has 134 valence electrons. The molecule has 1 amide bonds. The molecule has 0 aliphatic rings. The standard InChI is InChI=1S/C16H12F5NO3/c17-8-5-11(18)14(12(23)6-8)15(25)22-7-13(24)9-3-1-2-4-10(9)16(19,20)21/h1-6,13,23-24H,7H2,(H,22,25). The average molecular weight is 361 g/mol. The lowest BCUT2D eigenvalue weighted by atomic mass is 10.0. The number of alkyl halides is 3. The van der Waals surface area contributed by atoms with Crippen molar-refractivity contribution in [2.24, 2.45) is 0 Å². The second kappa shape index (κ2) is 7.06. The van der Waals surface area contributed by atoms with Crippen LogP contribution in [0.15, 0.2) is 36.4 Å². The number of aliphatic hydroxyl groups excluding tert-OH is 1. The lowest BCUT2D eigenvalue weighted by Crippen LogP contribution is -2.30. The van der Waals surface area contributed by atoms with E-state index in [1.165, 1.54) is 6.07 Å². The number of phenols is 1. The number of carbonyl (C=O) groups is 1. The molecule has 0 spiro atoms. The topological polar surface area (TPSA) is 69.6 Å². The molecule has 9 heteroatoms. The molecule has 0 radical (unpaired) electrons. The van der Waals surface area contributed by atoms with E-state index in [4.69, 9.17) is 0 Å². The fourth-order valence-electron chi connectivity index (χ4n) is 2.22. The third-order valence-corrected chi connectivity index (χ3v) is 3.34. The lowest BCUT2D eigenvalue weighted by molar-refractivity contribution is -0.139. The number of hydrogen-bond acceptors (Lipinski definition) is 3. The normalized spacial score (nSPS) is 12.7. The van der Waals surface area contributed by atoms with Crippen LogP contribution in [0.4, 0.5) is 22.0 Å². The van der Waals surface area contributed by atoms with Crippen LogP contribution in [0, 0.1) is 11.6 Å². The van der Waals surface area contributed by atoms with Crippen LogP contribution in [0.2, 0.25) is 0 Å². The molecule has 0 aliphatic carbocycles.